The second kappa shape index (κ2) is 8.44. The van der Waals surface area contributed by atoms with Crippen LogP contribution in [-0.4, -0.2) is 23.6 Å². The molecule has 1 amide bonds. The maximum atomic E-state index is 11.5. The van der Waals surface area contributed by atoms with Gasteiger partial charge in [0.15, 0.2) is 5.11 Å². The number of anilines is 1. The number of rotatable bonds is 4. The first-order valence-corrected chi connectivity index (χ1v) is 6.93. The summed E-state index contributed by atoms with van der Waals surface area (Å²) in [7, 11) is 0. The van der Waals surface area contributed by atoms with Gasteiger partial charge in [-0.2, -0.15) is 0 Å². The van der Waals surface area contributed by atoms with E-state index >= 15 is 0 Å². The van der Waals surface area contributed by atoms with Crippen molar-refractivity contribution in [3.8, 4) is 0 Å². The van der Waals surface area contributed by atoms with Crippen LogP contribution in [0.5, 0.6) is 0 Å². The van der Waals surface area contributed by atoms with Gasteiger partial charge in [0.2, 0.25) is 5.91 Å². The van der Waals surface area contributed by atoms with Crippen molar-refractivity contribution < 1.29 is 14.3 Å². The molecule has 0 heterocycles. The Labute approximate surface area is 130 Å². The summed E-state index contributed by atoms with van der Waals surface area (Å²) in [5, 5.41) is 5.40. The third kappa shape index (κ3) is 6.44. The molecule has 0 saturated heterocycles. The van der Waals surface area contributed by atoms with Crippen molar-refractivity contribution in [2.24, 2.45) is 0 Å². The van der Waals surface area contributed by atoms with Gasteiger partial charge in [-0.15, -0.1) is 0 Å². The first-order valence-electron chi connectivity index (χ1n) is 5.73. The van der Waals surface area contributed by atoms with Crippen molar-refractivity contribution in [1.82, 2.24) is 5.32 Å². The minimum atomic E-state index is -0.575. The summed E-state index contributed by atoms with van der Waals surface area (Å²) in [5.74, 6) is -1.08. The minimum absolute atomic E-state index is 0.144. The van der Waals surface area contributed by atoms with Crippen LogP contribution in [0, 0.1) is 0 Å². The van der Waals surface area contributed by atoms with Crippen LogP contribution in [0.3, 0.4) is 0 Å². The van der Waals surface area contributed by atoms with E-state index in [1.807, 2.05) is 12.1 Å². The number of ether oxygens (including phenoxy) is 1. The summed E-state index contributed by atoms with van der Waals surface area (Å²) in [5.41, 5.74) is 0.743. The lowest BCUT2D eigenvalue weighted by molar-refractivity contribution is -0.137. The van der Waals surface area contributed by atoms with Crippen LogP contribution in [0.15, 0.2) is 40.9 Å². The molecule has 0 fully saturated rings. The molecule has 0 aliphatic carbocycles. The largest absolute Gasteiger partial charge is 0.463 e. The van der Waals surface area contributed by atoms with E-state index in [9.17, 15) is 9.59 Å². The molecule has 0 atom stereocenters. The Hall–Kier alpha value is -1.73. The molecule has 0 aromatic heterocycles. The van der Waals surface area contributed by atoms with Crippen LogP contribution in [-0.2, 0) is 14.3 Å². The van der Waals surface area contributed by atoms with E-state index in [-0.39, 0.29) is 11.7 Å². The molecule has 0 radical (unpaired) electrons. The zero-order valence-electron chi connectivity index (χ0n) is 10.7. The minimum Gasteiger partial charge on any atom is -0.463 e. The van der Waals surface area contributed by atoms with E-state index < -0.39 is 11.9 Å². The molecule has 1 aromatic rings. The molecular weight excluding hydrogens is 344 g/mol. The van der Waals surface area contributed by atoms with E-state index in [4.69, 9.17) is 12.2 Å². The summed E-state index contributed by atoms with van der Waals surface area (Å²) < 4.78 is 5.59. The van der Waals surface area contributed by atoms with Gasteiger partial charge in [0.05, 0.1) is 6.61 Å². The highest BCUT2D eigenvalue weighted by Gasteiger charge is 2.03. The van der Waals surface area contributed by atoms with Gasteiger partial charge in [-0.05, 0) is 43.4 Å². The average molecular weight is 357 g/mol. The number of benzene rings is 1. The Balaban J connectivity index is 2.44. The predicted octanol–water partition coefficient (Wildman–Crippen LogP) is 2.38. The molecule has 0 unspecified atom stereocenters. The van der Waals surface area contributed by atoms with E-state index in [0.29, 0.717) is 0 Å². The Morgan fingerprint density at radius 2 is 1.95 bits per heavy atom. The molecule has 0 saturated carbocycles. The lowest BCUT2D eigenvalue weighted by atomic mass is 10.3. The topological polar surface area (TPSA) is 67.4 Å². The van der Waals surface area contributed by atoms with Crippen LogP contribution in [0.25, 0.3) is 0 Å². The zero-order chi connectivity index (χ0) is 15.0. The number of halogens is 1. The molecule has 1 aromatic carbocycles. The lowest BCUT2D eigenvalue weighted by Gasteiger charge is -2.07. The van der Waals surface area contributed by atoms with Crippen LogP contribution >= 0.6 is 28.1 Å². The average Bonchev–Trinajstić information content (AvgIpc) is 2.39. The molecule has 106 valence electrons. The number of esters is 1. The van der Waals surface area contributed by atoms with Gasteiger partial charge in [0.25, 0.3) is 0 Å². The number of nitrogens with one attached hydrogen (secondary N) is 2. The Morgan fingerprint density at radius 3 is 2.55 bits per heavy atom. The summed E-state index contributed by atoms with van der Waals surface area (Å²) in [6.07, 6.45) is 2.11. The Kier molecular flexibility index (Phi) is 6.89. The molecule has 2 N–H and O–H groups in total. The molecular formula is C13H13BrN2O3S. The van der Waals surface area contributed by atoms with Crippen molar-refractivity contribution in [3.63, 3.8) is 0 Å². The second-order valence-electron chi connectivity index (χ2n) is 3.54. The van der Waals surface area contributed by atoms with Crippen molar-refractivity contribution in [2.45, 2.75) is 6.92 Å². The van der Waals surface area contributed by atoms with Crippen LogP contribution in [0.4, 0.5) is 5.69 Å². The highest BCUT2D eigenvalue weighted by molar-refractivity contribution is 9.10. The van der Waals surface area contributed by atoms with Crippen LogP contribution < -0.4 is 10.6 Å². The summed E-state index contributed by atoms with van der Waals surface area (Å²) in [4.78, 5) is 22.5. The third-order valence-corrected chi connectivity index (χ3v) is 2.73. The monoisotopic (exact) mass is 356 g/mol. The summed E-state index contributed by atoms with van der Waals surface area (Å²) >= 11 is 8.29. The maximum absolute atomic E-state index is 11.5. The number of carbonyl (C=O) groups is 2. The van der Waals surface area contributed by atoms with Crippen molar-refractivity contribution >= 4 is 50.8 Å². The highest BCUT2D eigenvalue weighted by atomic mass is 79.9. The van der Waals surface area contributed by atoms with Crippen LogP contribution in [0.1, 0.15) is 6.92 Å². The smallest absolute Gasteiger partial charge is 0.330 e. The molecule has 7 heteroatoms. The second-order valence-corrected chi connectivity index (χ2v) is 4.86. The molecule has 0 spiro atoms. The normalized spacial score (nSPS) is 10.1. The van der Waals surface area contributed by atoms with Gasteiger partial charge in [-0.3, -0.25) is 10.1 Å². The Bertz CT molecular complexity index is 529. The number of carbonyl (C=O) groups excluding carboxylic acids is 2. The van der Waals surface area contributed by atoms with E-state index in [1.54, 1.807) is 19.1 Å². The van der Waals surface area contributed by atoms with Gasteiger partial charge in [-0.25, -0.2) is 4.79 Å². The number of hydrogen-bond donors (Lipinski definition) is 2. The van der Waals surface area contributed by atoms with Gasteiger partial charge in [-0.1, -0.05) is 15.9 Å². The molecule has 0 aliphatic heterocycles. The fraction of sp³-hybridized carbons (Fsp3) is 0.154. The zero-order valence-corrected chi connectivity index (χ0v) is 13.1. The van der Waals surface area contributed by atoms with E-state index in [1.165, 1.54) is 0 Å². The predicted molar refractivity (Wildman–Crippen MR) is 84.3 cm³/mol. The Morgan fingerprint density at radius 1 is 1.30 bits per heavy atom. The van der Waals surface area contributed by atoms with Crippen molar-refractivity contribution in [3.05, 3.63) is 40.9 Å². The summed E-state index contributed by atoms with van der Waals surface area (Å²) in [6.45, 7) is 1.94. The first-order chi connectivity index (χ1) is 9.51. The number of thiocarbonyl (C=S) groups is 1. The van der Waals surface area contributed by atoms with Crippen LogP contribution in [0.2, 0.25) is 0 Å². The maximum Gasteiger partial charge on any atom is 0.330 e. The molecule has 5 nitrogen and oxygen atoms in total. The summed E-state index contributed by atoms with van der Waals surface area (Å²) in [6, 6.07) is 7.29. The molecule has 0 aliphatic rings. The number of amides is 1. The first kappa shape index (κ1) is 16.3. The molecule has 20 heavy (non-hydrogen) atoms. The quantitative estimate of drug-likeness (QED) is 0.492. The molecule has 1 rings (SSSR count). The van der Waals surface area contributed by atoms with Gasteiger partial charge < -0.3 is 10.1 Å². The lowest BCUT2D eigenvalue weighted by Crippen LogP contribution is -2.32. The van der Waals surface area contributed by atoms with Gasteiger partial charge in [0, 0.05) is 22.3 Å². The highest BCUT2D eigenvalue weighted by Crippen LogP contribution is 2.13. The molecule has 0 bridgehead atoms. The third-order valence-electron chi connectivity index (χ3n) is 2.00. The van der Waals surface area contributed by atoms with Gasteiger partial charge in [0.1, 0.15) is 0 Å². The fourth-order valence-electron chi connectivity index (χ4n) is 1.18. The fourth-order valence-corrected chi connectivity index (χ4v) is 1.67. The van der Waals surface area contributed by atoms with Crippen molar-refractivity contribution in [2.75, 3.05) is 11.9 Å². The van der Waals surface area contributed by atoms with E-state index in [2.05, 4.69) is 31.3 Å². The van der Waals surface area contributed by atoms with Gasteiger partial charge >= 0.3 is 5.97 Å². The standard InChI is InChI=1S/C13H13BrN2O3S/c1-2-19-12(18)8-7-11(17)16-13(20)15-10-5-3-9(14)4-6-10/h3-8H,2H2,1H3,(H2,15,16,17,20). The van der Waals surface area contributed by atoms with E-state index in [0.717, 1.165) is 22.3 Å². The SMILES string of the molecule is CCOC(=O)C=CC(=O)NC(=S)Nc1ccc(Br)cc1. The number of hydrogen-bond acceptors (Lipinski definition) is 4. The van der Waals surface area contributed by atoms with Crippen molar-refractivity contribution in [1.29, 1.82) is 0 Å².